The molecule has 1 heterocycles. The molecule has 3 nitrogen and oxygen atoms in total. The van der Waals surface area contributed by atoms with Gasteiger partial charge in [0.1, 0.15) is 0 Å². The molecular formula is C15H21BrN2O. The van der Waals surface area contributed by atoms with E-state index in [1.165, 1.54) is 0 Å². The monoisotopic (exact) mass is 324 g/mol. The van der Waals surface area contributed by atoms with Crippen molar-refractivity contribution >= 4 is 27.5 Å². The van der Waals surface area contributed by atoms with Gasteiger partial charge in [-0.05, 0) is 52.7 Å². The van der Waals surface area contributed by atoms with Gasteiger partial charge < -0.3 is 10.6 Å². The average molecular weight is 325 g/mol. The molecule has 1 fully saturated rings. The van der Waals surface area contributed by atoms with Gasteiger partial charge in [0.05, 0.1) is 10.0 Å². The van der Waals surface area contributed by atoms with E-state index in [0.29, 0.717) is 21.6 Å². The largest absolute Gasteiger partial charge is 0.398 e. The summed E-state index contributed by atoms with van der Waals surface area (Å²) in [6.07, 6.45) is 2.20. The van der Waals surface area contributed by atoms with Crippen LogP contribution in [0.2, 0.25) is 0 Å². The van der Waals surface area contributed by atoms with E-state index < -0.39 is 0 Å². The van der Waals surface area contributed by atoms with Crippen molar-refractivity contribution in [2.75, 3.05) is 18.8 Å². The lowest BCUT2D eigenvalue weighted by Crippen LogP contribution is -2.39. The van der Waals surface area contributed by atoms with E-state index in [2.05, 4.69) is 29.8 Å². The van der Waals surface area contributed by atoms with Crippen molar-refractivity contribution in [2.45, 2.75) is 26.7 Å². The van der Waals surface area contributed by atoms with Crippen molar-refractivity contribution in [1.82, 2.24) is 4.90 Å². The first-order valence-corrected chi connectivity index (χ1v) is 7.63. The number of halogens is 1. The molecule has 1 aromatic carbocycles. The number of likely N-dealkylation sites (tertiary alicyclic amines) is 1. The molecule has 0 atom stereocenters. The van der Waals surface area contributed by atoms with Gasteiger partial charge in [-0.15, -0.1) is 0 Å². The summed E-state index contributed by atoms with van der Waals surface area (Å²) in [5, 5.41) is 0. The number of carbonyl (C=O) groups excluding carboxylic acids is 1. The number of nitrogens with zero attached hydrogens (tertiary/aromatic N) is 1. The number of piperidine rings is 1. The van der Waals surface area contributed by atoms with Crippen LogP contribution in [-0.4, -0.2) is 23.9 Å². The highest BCUT2D eigenvalue weighted by molar-refractivity contribution is 9.10. The Bertz CT molecular complexity index is 465. The zero-order valence-corrected chi connectivity index (χ0v) is 13.1. The van der Waals surface area contributed by atoms with Crippen LogP contribution in [0, 0.1) is 11.8 Å². The molecule has 19 heavy (non-hydrogen) atoms. The molecule has 0 radical (unpaired) electrons. The molecule has 104 valence electrons. The van der Waals surface area contributed by atoms with Crippen LogP contribution < -0.4 is 5.73 Å². The van der Waals surface area contributed by atoms with Gasteiger partial charge in [-0.25, -0.2) is 0 Å². The lowest BCUT2D eigenvalue weighted by atomic mass is 9.86. The maximum Gasteiger partial charge on any atom is 0.255 e. The van der Waals surface area contributed by atoms with Crippen molar-refractivity contribution in [1.29, 1.82) is 0 Å². The smallest absolute Gasteiger partial charge is 0.255 e. The lowest BCUT2D eigenvalue weighted by molar-refractivity contribution is 0.0667. The van der Waals surface area contributed by atoms with Crippen molar-refractivity contribution in [3.63, 3.8) is 0 Å². The van der Waals surface area contributed by atoms with Crippen LogP contribution in [0.3, 0.4) is 0 Å². The number of nitrogens with two attached hydrogens (primary N) is 1. The molecule has 1 aliphatic heterocycles. The van der Waals surface area contributed by atoms with Crippen molar-refractivity contribution in [2.24, 2.45) is 11.8 Å². The van der Waals surface area contributed by atoms with Crippen molar-refractivity contribution in [3.05, 3.63) is 28.2 Å². The normalized spacial score (nSPS) is 16.9. The zero-order chi connectivity index (χ0) is 14.0. The SMILES string of the molecule is CC(C)C1CCN(C(=O)c2cccc(N)c2Br)CC1. The first-order chi connectivity index (χ1) is 9.00. The predicted octanol–water partition coefficient (Wildman–Crippen LogP) is 3.54. The third-order valence-electron chi connectivity index (χ3n) is 4.03. The zero-order valence-electron chi connectivity index (χ0n) is 11.5. The number of amides is 1. The summed E-state index contributed by atoms with van der Waals surface area (Å²) in [6, 6.07) is 5.46. The number of rotatable bonds is 2. The van der Waals surface area contributed by atoms with Crippen molar-refractivity contribution < 1.29 is 4.79 Å². The number of benzene rings is 1. The van der Waals surface area contributed by atoms with E-state index in [4.69, 9.17) is 5.73 Å². The van der Waals surface area contributed by atoms with Crippen LogP contribution in [0.5, 0.6) is 0 Å². The van der Waals surface area contributed by atoms with Gasteiger partial charge in [0.15, 0.2) is 0 Å². The van der Waals surface area contributed by atoms with E-state index in [1.807, 2.05) is 17.0 Å². The average Bonchev–Trinajstić information content (AvgIpc) is 2.41. The third kappa shape index (κ3) is 3.11. The highest BCUT2D eigenvalue weighted by atomic mass is 79.9. The molecule has 1 aliphatic rings. The Morgan fingerprint density at radius 2 is 2.00 bits per heavy atom. The first kappa shape index (κ1) is 14.4. The van der Waals surface area contributed by atoms with Gasteiger partial charge >= 0.3 is 0 Å². The molecule has 0 aliphatic carbocycles. The predicted molar refractivity (Wildman–Crippen MR) is 82.0 cm³/mol. The van der Waals surface area contributed by atoms with Crippen LogP contribution in [-0.2, 0) is 0 Å². The van der Waals surface area contributed by atoms with E-state index in [9.17, 15) is 4.79 Å². The summed E-state index contributed by atoms with van der Waals surface area (Å²) in [6.45, 7) is 6.22. The summed E-state index contributed by atoms with van der Waals surface area (Å²) in [5.74, 6) is 1.53. The minimum atomic E-state index is 0.0846. The maximum absolute atomic E-state index is 12.5. The molecule has 1 saturated heterocycles. The Morgan fingerprint density at radius 3 is 2.58 bits per heavy atom. The number of hydrogen-bond donors (Lipinski definition) is 1. The molecular weight excluding hydrogens is 304 g/mol. The fourth-order valence-corrected chi connectivity index (χ4v) is 3.09. The first-order valence-electron chi connectivity index (χ1n) is 6.84. The minimum absolute atomic E-state index is 0.0846. The second kappa shape index (κ2) is 5.95. The number of nitrogen functional groups attached to an aromatic ring is 1. The topological polar surface area (TPSA) is 46.3 Å². The Kier molecular flexibility index (Phi) is 4.50. The molecule has 1 amide bonds. The van der Waals surface area contributed by atoms with Gasteiger partial charge in [-0.3, -0.25) is 4.79 Å². The summed E-state index contributed by atoms with van der Waals surface area (Å²) >= 11 is 3.41. The van der Waals surface area contributed by atoms with Crippen molar-refractivity contribution in [3.8, 4) is 0 Å². The third-order valence-corrected chi connectivity index (χ3v) is 4.91. The van der Waals surface area contributed by atoms with Crippen LogP contribution in [0.1, 0.15) is 37.0 Å². The molecule has 2 rings (SSSR count). The summed E-state index contributed by atoms with van der Waals surface area (Å²) in [5.41, 5.74) is 7.12. The highest BCUT2D eigenvalue weighted by Crippen LogP contribution is 2.28. The van der Waals surface area contributed by atoms with Gasteiger partial charge in [-0.1, -0.05) is 19.9 Å². The van der Waals surface area contributed by atoms with Crippen LogP contribution in [0.15, 0.2) is 22.7 Å². The fraction of sp³-hybridized carbons (Fsp3) is 0.533. The van der Waals surface area contributed by atoms with Gasteiger partial charge in [-0.2, -0.15) is 0 Å². The maximum atomic E-state index is 12.5. The lowest BCUT2D eigenvalue weighted by Gasteiger charge is -2.34. The molecule has 0 saturated carbocycles. The Morgan fingerprint density at radius 1 is 1.37 bits per heavy atom. The second-order valence-corrected chi connectivity index (χ2v) is 6.38. The summed E-state index contributed by atoms with van der Waals surface area (Å²) in [4.78, 5) is 14.4. The highest BCUT2D eigenvalue weighted by Gasteiger charge is 2.26. The Labute approximate surface area is 123 Å². The molecule has 0 aromatic heterocycles. The van der Waals surface area contributed by atoms with E-state index in [1.54, 1.807) is 6.07 Å². The van der Waals surface area contributed by atoms with Crippen LogP contribution >= 0.6 is 15.9 Å². The fourth-order valence-electron chi connectivity index (χ4n) is 2.65. The summed E-state index contributed by atoms with van der Waals surface area (Å²) in [7, 11) is 0. The molecule has 1 aromatic rings. The molecule has 4 heteroatoms. The van der Waals surface area contributed by atoms with Crippen LogP contribution in [0.4, 0.5) is 5.69 Å². The quantitative estimate of drug-likeness (QED) is 0.846. The van der Waals surface area contributed by atoms with Gasteiger partial charge in [0.25, 0.3) is 5.91 Å². The van der Waals surface area contributed by atoms with E-state index >= 15 is 0 Å². The van der Waals surface area contributed by atoms with E-state index in [0.717, 1.165) is 31.8 Å². The number of hydrogen-bond acceptors (Lipinski definition) is 2. The minimum Gasteiger partial charge on any atom is -0.398 e. The molecule has 0 bridgehead atoms. The number of carbonyl (C=O) groups is 1. The Hall–Kier alpha value is -1.03. The Balaban J connectivity index is 2.07. The van der Waals surface area contributed by atoms with Crippen LogP contribution in [0.25, 0.3) is 0 Å². The van der Waals surface area contributed by atoms with Gasteiger partial charge in [0.2, 0.25) is 0 Å². The van der Waals surface area contributed by atoms with E-state index in [-0.39, 0.29) is 5.91 Å². The molecule has 2 N–H and O–H groups in total. The second-order valence-electron chi connectivity index (χ2n) is 5.58. The standard InChI is InChI=1S/C15H21BrN2O/c1-10(2)11-6-8-18(9-7-11)15(19)12-4-3-5-13(17)14(12)16/h3-5,10-11H,6-9,17H2,1-2H3. The molecule has 0 spiro atoms. The summed E-state index contributed by atoms with van der Waals surface area (Å²) < 4.78 is 0.714. The number of anilines is 1. The van der Waals surface area contributed by atoms with Gasteiger partial charge in [0, 0.05) is 18.8 Å². The molecule has 0 unspecified atom stereocenters.